The molecule has 0 unspecified atom stereocenters. The molecule has 0 saturated carbocycles. The van der Waals surface area contributed by atoms with Crippen molar-refractivity contribution in [3.63, 3.8) is 0 Å². The van der Waals surface area contributed by atoms with Crippen molar-refractivity contribution in [2.45, 2.75) is 17.7 Å². The molecule has 1 aliphatic heterocycles. The van der Waals surface area contributed by atoms with Crippen LogP contribution >= 0.6 is 12.2 Å². The lowest BCUT2D eigenvalue weighted by Crippen LogP contribution is -2.26. The Labute approximate surface area is 119 Å². The molecule has 2 rings (SSSR count). The second-order valence-electron chi connectivity index (χ2n) is 4.76. The van der Waals surface area contributed by atoms with Crippen molar-refractivity contribution in [1.29, 1.82) is 0 Å². The highest BCUT2D eigenvalue weighted by atomic mass is 32.2. The van der Waals surface area contributed by atoms with Crippen molar-refractivity contribution in [3.05, 3.63) is 29.8 Å². The van der Waals surface area contributed by atoms with E-state index in [-0.39, 0.29) is 10.7 Å². The van der Waals surface area contributed by atoms with Crippen LogP contribution in [0.1, 0.15) is 18.4 Å². The first-order chi connectivity index (χ1) is 8.99. The molecule has 0 atom stereocenters. The van der Waals surface area contributed by atoms with Crippen LogP contribution in [0.5, 0.6) is 0 Å². The molecule has 1 heterocycles. The van der Waals surface area contributed by atoms with Gasteiger partial charge in [0.2, 0.25) is 0 Å². The van der Waals surface area contributed by atoms with E-state index in [2.05, 4.69) is 4.90 Å². The number of hydrogen-bond donors (Lipinski definition) is 1. The average molecular weight is 298 g/mol. The fourth-order valence-corrected chi connectivity index (χ4v) is 3.62. The monoisotopic (exact) mass is 298 g/mol. The zero-order valence-electron chi connectivity index (χ0n) is 10.7. The SMILES string of the molecule is NC(=S)c1ccc(S(=O)(=O)CCN2CCCC2)cc1. The molecule has 0 amide bonds. The van der Waals surface area contributed by atoms with Crippen molar-refractivity contribution in [2.24, 2.45) is 5.73 Å². The second-order valence-corrected chi connectivity index (χ2v) is 7.31. The van der Waals surface area contributed by atoms with Crippen molar-refractivity contribution in [2.75, 3.05) is 25.4 Å². The van der Waals surface area contributed by atoms with Gasteiger partial charge in [-0.25, -0.2) is 8.42 Å². The number of sulfone groups is 1. The van der Waals surface area contributed by atoms with E-state index in [1.807, 2.05) is 0 Å². The quantitative estimate of drug-likeness (QED) is 0.827. The van der Waals surface area contributed by atoms with Crippen LogP contribution in [-0.2, 0) is 9.84 Å². The van der Waals surface area contributed by atoms with Crippen LogP contribution in [0.4, 0.5) is 0 Å². The molecule has 0 aromatic heterocycles. The summed E-state index contributed by atoms with van der Waals surface area (Å²) >= 11 is 4.84. The molecule has 1 aromatic carbocycles. The van der Waals surface area contributed by atoms with Crippen molar-refractivity contribution in [3.8, 4) is 0 Å². The molecule has 1 aliphatic rings. The number of benzene rings is 1. The summed E-state index contributed by atoms with van der Waals surface area (Å²) in [6, 6.07) is 6.47. The van der Waals surface area contributed by atoms with Crippen LogP contribution in [0.15, 0.2) is 29.2 Å². The molecule has 1 saturated heterocycles. The zero-order chi connectivity index (χ0) is 13.9. The molecule has 0 aliphatic carbocycles. The summed E-state index contributed by atoms with van der Waals surface area (Å²) in [5, 5.41) is 0. The van der Waals surface area contributed by atoms with Gasteiger partial charge < -0.3 is 10.6 Å². The highest BCUT2D eigenvalue weighted by molar-refractivity contribution is 7.91. The number of likely N-dealkylation sites (tertiary alicyclic amines) is 1. The predicted molar refractivity (Wildman–Crippen MR) is 80.1 cm³/mol. The fourth-order valence-electron chi connectivity index (χ4n) is 2.20. The van der Waals surface area contributed by atoms with Crippen LogP contribution in [0.3, 0.4) is 0 Å². The maximum absolute atomic E-state index is 12.2. The van der Waals surface area contributed by atoms with Gasteiger partial charge in [-0.05, 0) is 38.1 Å². The molecule has 1 fully saturated rings. The number of hydrogen-bond acceptors (Lipinski definition) is 4. The molecule has 19 heavy (non-hydrogen) atoms. The molecule has 104 valence electrons. The summed E-state index contributed by atoms with van der Waals surface area (Å²) in [7, 11) is -3.22. The molecular formula is C13H18N2O2S2. The third kappa shape index (κ3) is 3.75. The Kier molecular flexibility index (Phi) is 4.54. The normalized spacial score (nSPS) is 16.6. The number of rotatable bonds is 5. The highest BCUT2D eigenvalue weighted by Gasteiger charge is 2.18. The summed E-state index contributed by atoms with van der Waals surface area (Å²) in [6.45, 7) is 2.63. The Hall–Kier alpha value is -0.980. The van der Waals surface area contributed by atoms with Gasteiger partial charge in [0.15, 0.2) is 9.84 Å². The molecule has 0 bridgehead atoms. The Balaban J connectivity index is 2.03. The molecule has 0 radical (unpaired) electrons. The van der Waals surface area contributed by atoms with Gasteiger partial charge in [-0.1, -0.05) is 24.4 Å². The average Bonchev–Trinajstić information content (AvgIpc) is 2.90. The van der Waals surface area contributed by atoms with Crippen molar-refractivity contribution < 1.29 is 8.42 Å². The van der Waals surface area contributed by atoms with E-state index in [9.17, 15) is 8.42 Å². The molecule has 0 spiro atoms. The summed E-state index contributed by atoms with van der Waals surface area (Å²) in [5.74, 6) is 0.166. The van der Waals surface area contributed by atoms with Crippen LogP contribution in [0, 0.1) is 0 Å². The molecule has 1 aromatic rings. The Morgan fingerprint density at radius 1 is 1.21 bits per heavy atom. The summed E-state index contributed by atoms with van der Waals surface area (Å²) < 4.78 is 24.4. The van der Waals surface area contributed by atoms with Crippen molar-refractivity contribution in [1.82, 2.24) is 4.90 Å². The number of thiocarbonyl (C=S) groups is 1. The molecule has 2 N–H and O–H groups in total. The van der Waals surface area contributed by atoms with Gasteiger partial charge in [0.1, 0.15) is 4.99 Å². The van der Waals surface area contributed by atoms with E-state index in [1.165, 1.54) is 12.8 Å². The van der Waals surface area contributed by atoms with Crippen LogP contribution in [0.25, 0.3) is 0 Å². The van der Waals surface area contributed by atoms with Gasteiger partial charge in [-0.15, -0.1) is 0 Å². The van der Waals surface area contributed by atoms with E-state index in [1.54, 1.807) is 24.3 Å². The van der Waals surface area contributed by atoms with Crippen LogP contribution in [-0.4, -0.2) is 43.7 Å². The first-order valence-electron chi connectivity index (χ1n) is 6.34. The largest absolute Gasteiger partial charge is 0.389 e. The summed E-state index contributed by atoms with van der Waals surface area (Å²) in [5.41, 5.74) is 6.18. The lowest BCUT2D eigenvalue weighted by Gasteiger charge is -2.14. The fraction of sp³-hybridized carbons (Fsp3) is 0.462. The summed E-state index contributed by atoms with van der Waals surface area (Å²) in [4.78, 5) is 2.81. The summed E-state index contributed by atoms with van der Waals surface area (Å²) in [6.07, 6.45) is 2.34. The lowest BCUT2D eigenvalue weighted by molar-refractivity contribution is 0.359. The Bertz CT molecular complexity index is 547. The lowest BCUT2D eigenvalue weighted by atomic mass is 10.2. The third-order valence-electron chi connectivity index (χ3n) is 3.37. The van der Waals surface area contributed by atoms with Gasteiger partial charge in [-0.2, -0.15) is 0 Å². The minimum atomic E-state index is -3.22. The van der Waals surface area contributed by atoms with Gasteiger partial charge >= 0.3 is 0 Å². The van der Waals surface area contributed by atoms with E-state index in [0.717, 1.165) is 13.1 Å². The van der Waals surface area contributed by atoms with E-state index in [0.29, 0.717) is 17.0 Å². The first kappa shape index (κ1) is 14.4. The zero-order valence-corrected chi connectivity index (χ0v) is 12.3. The Morgan fingerprint density at radius 2 is 1.79 bits per heavy atom. The van der Waals surface area contributed by atoms with Gasteiger partial charge in [0.25, 0.3) is 0 Å². The van der Waals surface area contributed by atoms with E-state index in [4.69, 9.17) is 18.0 Å². The van der Waals surface area contributed by atoms with E-state index >= 15 is 0 Å². The topological polar surface area (TPSA) is 63.4 Å². The van der Waals surface area contributed by atoms with Gasteiger partial charge in [0, 0.05) is 12.1 Å². The van der Waals surface area contributed by atoms with Crippen LogP contribution in [0.2, 0.25) is 0 Å². The minimum absolute atomic E-state index is 0.166. The second kappa shape index (κ2) is 5.98. The highest BCUT2D eigenvalue weighted by Crippen LogP contribution is 2.14. The first-order valence-corrected chi connectivity index (χ1v) is 8.40. The number of nitrogens with two attached hydrogens (primary N) is 1. The van der Waals surface area contributed by atoms with Crippen LogP contribution < -0.4 is 5.73 Å². The Morgan fingerprint density at radius 3 is 2.32 bits per heavy atom. The third-order valence-corrected chi connectivity index (χ3v) is 5.32. The number of nitrogens with zero attached hydrogens (tertiary/aromatic N) is 1. The smallest absolute Gasteiger partial charge is 0.179 e. The standard InChI is InChI=1S/C13H18N2O2S2/c14-13(18)11-3-5-12(6-4-11)19(16,17)10-9-15-7-1-2-8-15/h3-6H,1-2,7-10H2,(H2,14,18). The van der Waals surface area contributed by atoms with Gasteiger partial charge in [-0.3, -0.25) is 0 Å². The molecular weight excluding hydrogens is 280 g/mol. The van der Waals surface area contributed by atoms with Gasteiger partial charge in [0.05, 0.1) is 10.6 Å². The van der Waals surface area contributed by atoms with Crippen molar-refractivity contribution >= 4 is 27.0 Å². The predicted octanol–water partition coefficient (Wildman–Crippen LogP) is 1.19. The molecule has 4 nitrogen and oxygen atoms in total. The van der Waals surface area contributed by atoms with E-state index < -0.39 is 9.84 Å². The maximum atomic E-state index is 12.2. The minimum Gasteiger partial charge on any atom is -0.389 e. The molecule has 6 heteroatoms. The maximum Gasteiger partial charge on any atom is 0.179 e.